The first-order valence-corrected chi connectivity index (χ1v) is 14.8. The molecular weight excluding hydrogens is 566 g/mol. The topological polar surface area (TPSA) is 86.8 Å². The molecule has 0 radical (unpaired) electrons. The average Bonchev–Trinajstić information content (AvgIpc) is 2.93. The molecule has 0 heterocycles. The van der Waals surface area contributed by atoms with Gasteiger partial charge in [-0.25, -0.2) is 8.42 Å². The van der Waals surface area contributed by atoms with E-state index in [9.17, 15) is 18.0 Å². The van der Waals surface area contributed by atoms with Crippen molar-refractivity contribution in [3.05, 3.63) is 95.0 Å². The summed E-state index contributed by atoms with van der Waals surface area (Å²) in [4.78, 5) is 28.4. The number of nitrogens with zero attached hydrogens (tertiary/aromatic N) is 2. The minimum atomic E-state index is -4.06. The maximum absolute atomic E-state index is 13.8. The molecular formula is C29H34BrN3O4S. The van der Waals surface area contributed by atoms with Gasteiger partial charge in [0.2, 0.25) is 11.8 Å². The molecule has 0 fully saturated rings. The fourth-order valence-corrected chi connectivity index (χ4v) is 5.59. The van der Waals surface area contributed by atoms with Gasteiger partial charge in [0.05, 0.1) is 10.6 Å². The quantitative estimate of drug-likeness (QED) is 0.317. The highest BCUT2D eigenvalue weighted by Gasteiger charge is 2.32. The van der Waals surface area contributed by atoms with Crippen LogP contribution in [0.5, 0.6) is 0 Å². The molecule has 0 spiro atoms. The van der Waals surface area contributed by atoms with E-state index in [1.165, 1.54) is 17.0 Å². The van der Waals surface area contributed by atoms with E-state index in [0.717, 1.165) is 20.8 Å². The van der Waals surface area contributed by atoms with Gasteiger partial charge >= 0.3 is 0 Å². The number of hydrogen-bond donors (Lipinski definition) is 1. The monoisotopic (exact) mass is 599 g/mol. The Bertz CT molecular complexity index is 1300. The first-order chi connectivity index (χ1) is 18.1. The van der Waals surface area contributed by atoms with Crippen LogP contribution in [0.1, 0.15) is 32.8 Å². The third-order valence-corrected chi connectivity index (χ3v) is 8.69. The van der Waals surface area contributed by atoms with E-state index in [1.807, 2.05) is 44.2 Å². The van der Waals surface area contributed by atoms with Crippen molar-refractivity contribution in [1.82, 2.24) is 10.2 Å². The van der Waals surface area contributed by atoms with E-state index in [2.05, 4.69) is 21.2 Å². The minimum absolute atomic E-state index is 0.0475. The summed E-state index contributed by atoms with van der Waals surface area (Å²) in [5.74, 6) is -0.739. The van der Waals surface area contributed by atoms with Crippen molar-refractivity contribution < 1.29 is 18.0 Å². The van der Waals surface area contributed by atoms with Crippen LogP contribution >= 0.6 is 15.9 Å². The third-order valence-electron chi connectivity index (χ3n) is 6.38. The Morgan fingerprint density at radius 2 is 1.47 bits per heavy atom. The van der Waals surface area contributed by atoms with E-state index < -0.39 is 28.5 Å². The second-order valence-electron chi connectivity index (χ2n) is 9.12. The lowest BCUT2D eigenvalue weighted by Crippen LogP contribution is -2.53. The summed E-state index contributed by atoms with van der Waals surface area (Å²) in [6, 6.07) is 23.6. The molecule has 2 amide bonds. The number of carbonyl (C=O) groups excluding carboxylic acids is 2. The zero-order valence-corrected chi connectivity index (χ0v) is 24.3. The van der Waals surface area contributed by atoms with Crippen molar-refractivity contribution >= 4 is 43.5 Å². The molecule has 0 aliphatic carbocycles. The Balaban J connectivity index is 1.95. The molecule has 38 heavy (non-hydrogen) atoms. The zero-order chi connectivity index (χ0) is 27.7. The van der Waals surface area contributed by atoms with Gasteiger partial charge in [0.15, 0.2) is 0 Å². The van der Waals surface area contributed by atoms with E-state index in [-0.39, 0.29) is 23.4 Å². The maximum Gasteiger partial charge on any atom is 0.264 e. The number of amides is 2. The number of benzene rings is 3. The number of anilines is 1. The molecule has 0 aromatic heterocycles. The molecule has 2 atom stereocenters. The van der Waals surface area contributed by atoms with Crippen LogP contribution in [0.4, 0.5) is 5.69 Å². The van der Waals surface area contributed by atoms with Gasteiger partial charge in [-0.3, -0.25) is 13.9 Å². The van der Waals surface area contributed by atoms with E-state index in [0.29, 0.717) is 12.1 Å². The van der Waals surface area contributed by atoms with Crippen LogP contribution in [-0.2, 0) is 26.0 Å². The molecule has 7 nitrogen and oxygen atoms in total. The van der Waals surface area contributed by atoms with Crippen molar-refractivity contribution in [2.75, 3.05) is 17.4 Å². The number of sulfonamides is 1. The molecule has 202 valence electrons. The van der Waals surface area contributed by atoms with Crippen LogP contribution < -0.4 is 9.62 Å². The molecule has 9 heteroatoms. The summed E-state index contributed by atoms with van der Waals surface area (Å²) in [6.45, 7) is 5.36. The van der Waals surface area contributed by atoms with E-state index >= 15 is 0 Å². The van der Waals surface area contributed by atoms with E-state index in [1.54, 1.807) is 49.4 Å². The Labute approximate surface area is 234 Å². The Morgan fingerprint density at radius 1 is 0.895 bits per heavy atom. The average molecular weight is 601 g/mol. The summed E-state index contributed by atoms with van der Waals surface area (Å²) in [5, 5.41) is 2.94. The van der Waals surface area contributed by atoms with E-state index in [4.69, 9.17) is 0 Å². The molecule has 0 bridgehead atoms. The normalized spacial score (nSPS) is 12.8. The third kappa shape index (κ3) is 7.68. The maximum atomic E-state index is 13.8. The molecule has 0 saturated carbocycles. The highest BCUT2D eigenvalue weighted by molar-refractivity contribution is 9.10. The Morgan fingerprint density at radius 3 is 2.05 bits per heavy atom. The SMILES string of the molecule is CC[C@H](C)NC(=O)[C@@H](C)N(CCc1ccccc1)C(=O)CN(c1ccc(Br)cc1)S(=O)(=O)c1ccccc1. The van der Waals surface area contributed by atoms with Gasteiger partial charge in [-0.15, -0.1) is 0 Å². The Kier molecular flexibility index (Phi) is 10.5. The standard InChI is InChI=1S/C29H34BrN3O4S/c1-4-22(2)31-29(35)23(3)32(20-19-24-11-7-5-8-12-24)28(34)21-33(26-17-15-25(30)16-18-26)38(36,37)27-13-9-6-10-14-27/h5-18,22-23H,4,19-21H2,1-3H3,(H,31,35)/t22-,23+/m0/s1. The molecule has 3 rings (SSSR count). The smallest absolute Gasteiger partial charge is 0.264 e. The van der Waals surface area contributed by atoms with Crippen LogP contribution in [0.3, 0.4) is 0 Å². The van der Waals surface area contributed by atoms with Crippen LogP contribution in [-0.4, -0.2) is 50.3 Å². The van der Waals surface area contributed by atoms with Crippen molar-refractivity contribution in [1.29, 1.82) is 0 Å². The fourth-order valence-electron chi connectivity index (χ4n) is 3.89. The van der Waals surface area contributed by atoms with Gasteiger partial charge in [0.1, 0.15) is 12.6 Å². The van der Waals surface area contributed by atoms with Gasteiger partial charge in [0, 0.05) is 17.1 Å². The number of hydrogen-bond acceptors (Lipinski definition) is 4. The van der Waals surface area contributed by atoms with Gasteiger partial charge in [-0.05, 0) is 68.7 Å². The molecule has 1 N–H and O–H groups in total. The van der Waals surface area contributed by atoms with Crippen LogP contribution in [0.25, 0.3) is 0 Å². The second-order valence-corrected chi connectivity index (χ2v) is 11.9. The summed E-state index contributed by atoms with van der Waals surface area (Å²) in [7, 11) is -4.06. The number of rotatable bonds is 12. The van der Waals surface area contributed by atoms with Crippen LogP contribution in [0.15, 0.2) is 94.3 Å². The minimum Gasteiger partial charge on any atom is -0.352 e. The first kappa shape index (κ1) is 29.4. The number of nitrogens with one attached hydrogen (secondary N) is 1. The summed E-state index contributed by atoms with van der Waals surface area (Å²) in [6.07, 6.45) is 1.28. The van der Waals surface area contributed by atoms with Crippen molar-refractivity contribution in [2.24, 2.45) is 0 Å². The summed E-state index contributed by atoms with van der Waals surface area (Å²) >= 11 is 3.38. The molecule has 0 saturated heterocycles. The van der Waals surface area contributed by atoms with Gasteiger partial charge in [-0.2, -0.15) is 0 Å². The molecule has 0 aliphatic rings. The molecule has 0 unspecified atom stereocenters. The van der Waals surface area contributed by atoms with Crippen LogP contribution in [0, 0.1) is 0 Å². The Hall–Kier alpha value is -3.17. The summed E-state index contributed by atoms with van der Waals surface area (Å²) < 4.78 is 29.3. The van der Waals surface area contributed by atoms with Gasteiger partial charge in [0.25, 0.3) is 10.0 Å². The van der Waals surface area contributed by atoms with Gasteiger partial charge in [-0.1, -0.05) is 71.4 Å². The fraction of sp³-hybridized carbons (Fsp3) is 0.310. The van der Waals surface area contributed by atoms with Crippen molar-refractivity contribution in [3.8, 4) is 0 Å². The summed E-state index contributed by atoms with van der Waals surface area (Å²) in [5.41, 5.74) is 1.37. The number of carbonyl (C=O) groups is 2. The van der Waals surface area contributed by atoms with Gasteiger partial charge < -0.3 is 10.2 Å². The molecule has 3 aromatic carbocycles. The van der Waals surface area contributed by atoms with Crippen molar-refractivity contribution in [2.45, 2.75) is 50.6 Å². The lowest BCUT2D eigenvalue weighted by Gasteiger charge is -2.32. The number of halogens is 1. The predicted molar refractivity (Wildman–Crippen MR) is 154 cm³/mol. The second kappa shape index (κ2) is 13.6. The molecule has 3 aromatic rings. The lowest BCUT2D eigenvalue weighted by molar-refractivity contribution is -0.139. The van der Waals surface area contributed by atoms with Crippen molar-refractivity contribution in [3.63, 3.8) is 0 Å². The highest BCUT2D eigenvalue weighted by atomic mass is 79.9. The predicted octanol–water partition coefficient (Wildman–Crippen LogP) is 5.02. The van der Waals surface area contributed by atoms with Crippen LogP contribution in [0.2, 0.25) is 0 Å². The molecule has 0 aliphatic heterocycles. The lowest BCUT2D eigenvalue weighted by atomic mass is 10.1. The highest BCUT2D eigenvalue weighted by Crippen LogP contribution is 2.26. The largest absolute Gasteiger partial charge is 0.352 e. The first-order valence-electron chi connectivity index (χ1n) is 12.6. The zero-order valence-electron chi connectivity index (χ0n) is 21.9.